The van der Waals surface area contributed by atoms with Gasteiger partial charge in [0.15, 0.2) is 0 Å². The summed E-state index contributed by atoms with van der Waals surface area (Å²) in [6.07, 6.45) is 0. The van der Waals surface area contributed by atoms with E-state index in [1.54, 1.807) is 0 Å². The number of benzene rings is 12. The van der Waals surface area contributed by atoms with Gasteiger partial charge in [-0.3, -0.25) is 0 Å². The molecule has 0 fully saturated rings. The fraction of sp³-hybridized carbons (Fsp3) is 0.0282. The quantitative estimate of drug-likeness (QED) is 0.0476. The van der Waals surface area contributed by atoms with E-state index in [-0.39, 0.29) is 26.8 Å². The van der Waals surface area contributed by atoms with E-state index in [0.29, 0.717) is 0 Å². The van der Waals surface area contributed by atoms with Crippen molar-refractivity contribution in [2.45, 2.75) is 11.7 Å². The van der Waals surface area contributed by atoms with Gasteiger partial charge < -0.3 is 5.73 Å². The third kappa shape index (κ3) is 12.6. The van der Waals surface area contributed by atoms with Crippen LogP contribution in [0.15, 0.2) is 315 Å². The minimum Gasteiger partial charge on any atom is -0.667 e. The zero-order valence-corrected chi connectivity index (χ0v) is 47.5. The molecule has 1 unspecified atom stereocenters. The van der Waals surface area contributed by atoms with Crippen molar-refractivity contribution in [3.05, 3.63) is 355 Å². The Hall–Kier alpha value is -6.95. The Morgan fingerprint density at radius 2 is 0.675 bits per heavy atom. The standard InChI is InChI=1S/C45H32P.C26H23NP.2ClH.Ru/c1-5-19-35(20-6-1)43(36-21-7-2-8-22-36)41-31-29-33-17-13-15-27-39(33)44(41)45-40-28-16-14-18-34(40)30-32-42(45)46(37-23-9-3-10-24-37)38-25-11-4-12-26-38;27-25(21-13-5-1-6-14-21)26(22-15-7-2-8-16-22)28(23-17-9-3-10-18-23)24-19-11-4-12-20-24;;;/h1-32H;1-20,25-27H;2*1H;/q2*-1;;;+4/t;25-,26?;;;/m.0.../s1. The number of hydrogen-bond donors (Lipinski definition) is 0. The van der Waals surface area contributed by atoms with Crippen LogP contribution in [0.2, 0.25) is 0 Å². The minimum atomic E-state index is -1.39. The van der Waals surface area contributed by atoms with Gasteiger partial charge in [-0.1, -0.05) is 295 Å². The van der Waals surface area contributed by atoms with Gasteiger partial charge >= 0.3 is 34.5 Å². The van der Waals surface area contributed by atoms with Crippen LogP contribution in [0.1, 0.15) is 39.5 Å². The van der Waals surface area contributed by atoms with E-state index in [0.717, 1.165) is 5.56 Å². The van der Waals surface area contributed by atoms with Crippen LogP contribution in [0.3, 0.4) is 0 Å². The van der Waals surface area contributed by atoms with Crippen molar-refractivity contribution < 1.29 is 15.1 Å². The van der Waals surface area contributed by atoms with Gasteiger partial charge in [-0.15, -0.1) is 0 Å². The third-order valence-electron chi connectivity index (χ3n) is 14.0. The van der Waals surface area contributed by atoms with Gasteiger partial charge in [0.2, 0.25) is 0 Å². The molecule has 0 saturated carbocycles. The number of halogens is 2. The van der Waals surface area contributed by atoms with Crippen molar-refractivity contribution in [2.75, 3.05) is 0 Å². The van der Waals surface area contributed by atoms with E-state index >= 15 is 0 Å². The summed E-state index contributed by atoms with van der Waals surface area (Å²) in [5, 5.41) is 11.9. The molecule has 77 heavy (non-hydrogen) atoms. The maximum Gasteiger partial charge on any atom is 0.105 e. The van der Waals surface area contributed by atoms with Crippen molar-refractivity contribution in [1.29, 1.82) is 0 Å². The fourth-order valence-electron chi connectivity index (χ4n) is 10.7. The second-order valence-corrected chi connectivity index (χ2v) is 26.3. The van der Waals surface area contributed by atoms with Crippen molar-refractivity contribution in [1.82, 2.24) is 0 Å². The molecule has 12 aromatic rings. The van der Waals surface area contributed by atoms with E-state index in [9.17, 15) is 5.73 Å². The summed E-state index contributed by atoms with van der Waals surface area (Å²) in [4.78, 5) is 0. The molecule has 376 valence electrons. The first-order valence-electron chi connectivity index (χ1n) is 25.8. The van der Waals surface area contributed by atoms with Gasteiger partial charge in [0.1, 0.15) is 15.9 Å². The zero-order valence-electron chi connectivity index (χ0n) is 42.3. The van der Waals surface area contributed by atoms with Crippen LogP contribution >= 0.6 is 35.2 Å². The van der Waals surface area contributed by atoms with E-state index < -0.39 is 15.8 Å². The maximum atomic E-state index is 9.26. The molecule has 0 bridgehead atoms. The zero-order chi connectivity index (χ0) is 52.6. The Morgan fingerprint density at radius 3 is 1.12 bits per heavy atom. The van der Waals surface area contributed by atoms with E-state index in [1.807, 2.05) is 18.2 Å². The SMILES string of the molecule is [Cl][Ru+2][Cl].[NH-][C@@H](c1ccccc1)C(c1ccccc1)[PH+](c1ccccc1)c1ccccc1.c1ccc([C-](c2ccccc2)c2ccc3ccccc3c2-c2c([PH+](c3ccccc3)c3ccccc3)ccc3ccccc23)cc1. The van der Waals surface area contributed by atoms with Crippen molar-refractivity contribution in [3.8, 4) is 11.1 Å². The minimum absolute atomic E-state index is 0.110. The monoisotopic (exact) mass is 1160 g/mol. The van der Waals surface area contributed by atoms with Crippen LogP contribution in [0.25, 0.3) is 38.4 Å². The number of rotatable bonds is 13. The summed E-state index contributed by atoms with van der Waals surface area (Å²) in [6.45, 7) is 0. The Balaban J connectivity index is 0.000000185. The molecular formula is C71H57Cl2NP2Ru+2. The number of nitrogens with one attached hydrogen (secondary N) is 1. The topological polar surface area (TPSA) is 23.8 Å². The van der Waals surface area contributed by atoms with Crippen LogP contribution in [0.4, 0.5) is 0 Å². The molecule has 0 aliphatic heterocycles. The summed E-state index contributed by atoms with van der Waals surface area (Å²) in [5.41, 5.74) is 18.0. The molecule has 0 aromatic heterocycles. The molecule has 0 aliphatic carbocycles. The predicted molar refractivity (Wildman–Crippen MR) is 335 cm³/mol. The third-order valence-corrected chi connectivity index (χ3v) is 20.0. The Labute approximate surface area is 472 Å². The van der Waals surface area contributed by atoms with Crippen molar-refractivity contribution in [3.63, 3.8) is 0 Å². The molecule has 0 radical (unpaired) electrons. The van der Waals surface area contributed by atoms with Gasteiger partial charge in [-0.25, -0.2) is 0 Å². The first kappa shape index (κ1) is 53.5. The van der Waals surface area contributed by atoms with Crippen LogP contribution in [0.5, 0.6) is 0 Å². The Morgan fingerprint density at radius 1 is 0.338 bits per heavy atom. The molecular weight excluding hydrogens is 1100 g/mol. The second kappa shape index (κ2) is 26.9. The van der Waals surface area contributed by atoms with E-state index in [4.69, 9.17) is 19.4 Å². The van der Waals surface area contributed by atoms with Gasteiger partial charge in [-0.05, 0) is 87.3 Å². The summed E-state index contributed by atoms with van der Waals surface area (Å²) in [7, 11) is 7.09. The summed E-state index contributed by atoms with van der Waals surface area (Å²) >= 11 is -0.346. The molecule has 0 aliphatic rings. The van der Waals surface area contributed by atoms with Crippen LogP contribution in [0, 0.1) is 5.92 Å². The summed E-state index contributed by atoms with van der Waals surface area (Å²) in [5.74, 6) is 1.24. The number of hydrogen-bond acceptors (Lipinski definition) is 0. The fourth-order valence-corrected chi connectivity index (χ4v) is 16.6. The summed E-state index contributed by atoms with van der Waals surface area (Å²) in [6, 6.07) is 113. The Bertz CT molecular complexity index is 3430. The molecule has 0 amide bonds. The van der Waals surface area contributed by atoms with Crippen molar-refractivity contribution in [2.24, 2.45) is 0 Å². The molecule has 12 aromatic carbocycles. The van der Waals surface area contributed by atoms with E-state index in [2.05, 4.69) is 297 Å². The average Bonchev–Trinajstić information content (AvgIpc) is 3.52. The largest absolute Gasteiger partial charge is 0.667 e. The maximum absolute atomic E-state index is 9.26. The van der Waals surface area contributed by atoms with E-state index in [1.165, 1.54) is 87.4 Å². The van der Waals surface area contributed by atoms with Gasteiger partial charge in [0.05, 0.1) is 32.1 Å². The molecule has 1 N–H and O–H groups in total. The van der Waals surface area contributed by atoms with Gasteiger partial charge in [-0.2, -0.15) is 0 Å². The predicted octanol–water partition coefficient (Wildman–Crippen LogP) is 17.9. The molecule has 2 atom stereocenters. The van der Waals surface area contributed by atoms with Crippen LogP contribution < -0.4 is 26.5 Å². The first-order valence-corrected chi connectivity index (χ1v) is 33.3. The second-order valence-electron chi connectivity index (χ2n) is 18.6. The molecule has 6 heteroatoms. The van der Waals surface area contributed by atoms with Gasteiger partial charge in [0.25, 0.3) is 0 Å². The molecule has 12 rings (SSSR count). The Kier molecular flexibility index (Phi) is 18.7. The van der Waals surface area contributed by atoms with Crippen LogP contribution in [-0.4, -0.2) is 0 Å². The molecule has 0 saturated heterocycles. The molecule has 0 spiro atoms. The summed E-state index contributed by atoms with van der Waals surface area (Å²) < 4.78 is 0. The normalized spacial score (nSPS) is 11.8. The van der Waals surface area contributed by atoms with Gasteiger partial charge in [0, 0.05) is 5.56 Å². The average molecular weight is 1160 g/mol. The van der Waals surface area contributed by atoms with Crippen molar-refractivity contribution >= 4 is 83.3 Å². The smallest absolute Gasteiger partial charge is 0.105 e. The molecule has 0 heterocycles. The molecule has 1 nitrogen and oxygen atoms in total. The number of fused-ring (bicyclic) bond motifs is 2. The van der Waals surface area contributed by atoms with Crippen LogP contribution in [-0.2, 0) is 15.1 Å². The first-order chi connectivity index (χ1) is 38.1.